The Balaban J connectivity index is 2.14. The molecule has 0 radical (unpaired) electrons. The molecule has 1 aliphatic carbocycles. The monoisotopic (exact) mass is 244 g/mol. The lowest BCUT2D eigenvalue weighted by atomic mass is 9.73. The van der Waals surface area contributed by atoms with Crippen molar-refractivity contribution in [3.63, 3.8) is 0 Å². The van der Waals surface area contributed by atoms with Gasteiger partial charge in [-0.2, -0.15) is 0 Å². The van der Waals surface area contributed by atoms with E-state index in [-0.39, 0.29) is 5.92 Å². The molecule has 1 aliphatic rings. The molecule has 98 valence electrons. The molecule has 0 aromatic heterocycles. The van der Waals surface area contributed by atoms with Crippen LogP contribution in [0.5, 0.6) is 0 Å². The summed E-state index contributed by atoms with van der Waals surface area (Å²) in [6.45, 7) is 8.76. The molecular weight excluding hydrogens is 220 g/mol. The zero-order chi connectivity index (χ0) is 13.3. The molecule has 0 bridgehead atoms. The summed E-state index contributed by atoms with van der Waals surface area (Å²) in [7, 11) is 0. The number of rotatable bonds is 2. The third-order valence-corrected chi connectivity index (χ3v) is 4.76. The number of Topliss-reactive ketones (excluding diaryl/α,β-unsaturated/α-hetero) is 1. The first-order valence-electron chi connectivity index (χ1n) is 7.10. The van der Waals surface area contributed by atoms with Gasteiger partial charge in [-0.25, -0.2) is 0 Å². The number of carbonyl (C=O) groups excluding carboxylic acids is 1. The Kier molecular flexibility index (Phi) is 3.89. The van der Waals surface area contributed by atoms with Crippen molar-refractivity contribution in [2.75, 3.05) is 0 Å². The molecule has 3 atom stereocenters. The molecule has 0 amide bonds. The zero-order valence-corrected chi connectivity index (χ0v) is 12.0. The summed E-state index contributed by atoms with van der Waals surface area (Å²) < 4.78 is 0. The van der Waals surface area contributed by atoms with Gasteiger partial charge in [0.05, 0.1) is 0 Å². The standard InChI is InChI=1S/C17H24O/c1-11-5-7-15(9-13(11)3)17(18)16-8-6-12(2)14(4)10-16/h5,7,9,12,14,16H,6,8,10H2,1-4H3. The number of ketones is 1. The van der Waals surface area contributed by atoms with Crippen molar-refractivity contribution in [2.45, 2.75) is 47.0 Å². The van der Waals surface area contributed by atoms with Gasteiger partial charge in [0.2, 0.25) is 0 Å². The van der Waals surface area contributed by atoms with Crippen LogP contribution in [-0.4, -0.2) is 5.78 Å². The van der Waals surface area contributed by atoms with E-state index in [1.807, 2.05) is 6.07 Å². The molecule has 18 heavy (non-hydrogen) atoms. The van der Waals surface area contributed by atoms with Gasteiger partial charge in [-0.15, -0.1) is 0 Å². The summed E-state index contributed by atoms with van der Waals surface area (Å²) in [5.41, 5.74) is 3.39. The van der Waals surface area contributed by atoms with Gasteiger partial charge in [-0.1, -0.05) is 26.0 Å². The first-order chi connectivity index (χ1) is 8.49. The largest absolute Gasteiger partial charge is 0.294 e. The maximum absolute atomic E-state index is 12.5. The molecular formula is C17H24O. The molecule has 1 aromatic carbocycles. The average molecular weight is 244 g/mol. The van der Waals surface area contributed by atoms with E-state index >= 15 is 0 Å². The van der Waals surface area contributed by atoms with E-state index in [1.165, 1.54) is 17.5 Å². The van der Waals surface area contributed by atoms with Crippen LogP contribution >= 0.6 is 0 Å². The van der Waals surface area contributed by atoms with Crippen LogP contribution in [-0.2, 0) is 0 Å². The van der Waals surface area contributed by atoms with Crippen LogP contribution in [0.4, 0.5) is 0 Å². The van der Waals surface area contributed by atoms with Crippen molar-refractivity contribution in [1.82, 2.24) is 0 Å². The highest BCUT2D eigenvalue weighted by Gasteiger charge is 2.29. The van der Waals surface area contributed by atoms with E-state index in [0.717, 1.165) is 24.3 Å². The summed E-state index contributed by atoms with van der Waals surface area (Å²) in [5.74, 6) is 2.06. The van der Waals surface area contributed by atoms with E-state index in [4.69, 9.17) is 0 Å². The van der Waals surface area contributed by atoms with E-state index in [2.05, 4.69) is 39.8 Å². The average Bonchev–Trinajstić information content (AvgIpc) is 2.35. The second-order valence-corrected chi connectivity index (χ2v) is 6.13. The number of hydrogen-bond acceptors (Lipinski definition) is 1. The maximum Gasteiger partial charge on any atom is 0.165 e. The van der Waals surface area contributed by atoms with Crippen LogP contribution in [0, 0.1) is 31.6 Å². The molecule has 1 aromatic rings. The number of carbonyl (C=O) groups is 1. The molecule has 0 heterocycles. The molecule has 0 aliphatic heterocycles. The van der Waals surface area contributed by atoms with Gasteiger partial charge < -0.3 is 0 Å². The molecule has 1 nitrogen and oxygen atoms in total. The Labute approximate surface area is 111 Å². The van der Waals surface area contributed by atoms with Crippen LogP contribution in [0.25, 0.3) is 0 Å². The molecule has 2 rings (SSSR count). The van der Waals surface area contributed by atoms with Gasteiger partial charge in [-0.05, 0) is 62.1 Å². The predicted octanol–water partition coefficient (Wildman–Crippen LogP) is 4.56. The summed E-state index contributed by atoms with van der Waals surface area (Å²) in [6, 6.07) is 6.12. The Morgan fingerprint density at radius 3 is 2.39 bits per heavy atom. The van der Waals surface area contributed by atoms with Crippen molar-refractivity contribution in [3.05, 3.63) is 34.9 Å². The van der Waals surface area contributed by atoms with Gasteiger partial charge in [0.15, 0.2) is 5.78 Å². The van der Waals surface area contributed by atoms with Gasteiger partial charge in [0.25, 0.3) is 0 Å². The zero-order valence-electron chi connectivity index (χ0n) is 12.0. The molecule has 1 saturated carbocycles. The van der Waals surface area contributed by atoms with Gasteiger partial charge in [-0.3, -0.25) is 4.79 Å². The Morgan fingerprint density at radius 1 is 1.06 bits per heavy atom. The van der Waals surface area contributed by atoms with Crippen molar-refractivity contribution >= 4 is 5.78 Å². The Hall–Kier alpha value is -1.11. The first-order valence-corrected chi connectivity index (χ1v) is 7.10. The number of benzene rings is 1. The minimum Gasteiger partial charge on any atom is -0.294 e. The predicted molar refractivity (Wildman–Crippen MR) is 75.9 cm³/mol. The van der Waals surface area contributed by atoms with E-state index in [9.17, 15) is 4.79 Å². The van der Waals surface area contributed by atoms with E-state index in [0.29, 0.717) is 11.7 Å². The lowest BCUT2D eigenvalue weighted by Gasteiger charge is -2.31. The smallest absolute Gasteiger partial charge is 0.165 e. The fourth-order valence-corrected chi connectivity index (χ4v) is 2.92. The molecule has 0 N–H and O–H groups in total. The summed E-state index contributed by atoms with van der Waals surface area (Å²) in [5, 5.41) is 0. The van der Waals surface area contributed by atoms with Crippen LogP contribution in [0.1, 0.15) is 54.6 Å². The Morgan fingerprint density at radius 2 is 1.78 bits per heavy atom. The highest BCUT2D eigenvalue weighted by Crippen LogP contribution is 2.35. The fraction of sp³-hybridized carbons (Fsp3) is 0.588. The van der Waals surface area contributed by atoms with Crippen LogP contribution < -0.4 is 0 Å². The number of hydrogen-bond donors (Lipinski definition) is 0. The third-order valence-electron chi connectivity index (χ3n) is 4.76. The molecule has 0 spiro atoms. The van der Waals surface area contributed by atoms with Crippen LogP contribution in [0.2, 0.25) is 0 Å². The van der Waals surface area contributed by atoms with Crippen LogP contribution in [0.15, 0.2) is 18.2 Å². The Bertz CT molecular complexity index is 447. The first kappa shape index (κ1) is 13.3. The second-order valence-electron chi connectivity index (χ2n) is 6.13. The van der Waals surface area contributed by atoms with Crippen molar-refractivity contribution in [2.24, 2.45) is 17.8 Å². The van der Waals surface area contributed by atoms with Crippen molar-refractivity contribution in [3.8, 4) is 0 Å². The topological polar surface area (TPSA) is 17.1 Å². The fourth-order valence-electron chi connectivity index (χ4n) is 2.92. The molecule has 0 saturated heterocycles. The SMILES string of the molecule is Cc1ccc(C(=O)C2CCC(C)C(C)C2)cc1C. The lowest BCUT2D eigenvalue weighted by Crippen LogP contribution is -2.26. The third kappa shape index (κ3) is 2.66. The minimum atomic E-state index is 0.248. The normalized spacial score (nSPS) is 28.1. The van der Waals surface area contributed by atoms with Gasteiger partial charge >= 0.3 is 0 Å². The maximum atomic E-state index is 12.5. The molecule has 3 unspecified atom stereocenters. The number of aryl methyl sites for hydroxylation is 2. The highest BCUT2D eigenvalue weighted by molar-refractivity contribution is 5.98. The van der Waals surface area contributed by atoms with E-state index < -0.39 is 0 Å². The van der Waals surface area contributed by atoms with E-state index in [1.54, 1.807) is 0 Å². The quantitative estimate of drug-likeness (QED) is 0.697. The summed E-state index contributed by atoms with van der Waals surface area (Å²) >= 11 is 0. The van der Waals surface area contributed by atoms with Gasteiger partial charge in [0, 0.05) is 11.5 Å². The lowest BCUT2D eigenvalue weighted by molar-refractivity contribution is 0.0837. The summed E-state index contributed by atoms with van der Waals surface area (Å²) in [4.78, 5) is 12.5. The molecule has 1 fully saturated rings. The van der Waals surface area contributed by atoms with Gasteiger partial charge in [0.1, 0.15) is 0 Å². The highest BCUT2D eigenvalue weighted by atomic mass is 16.1. The van der Waals surface area contributed by atoms with Crippen molar-refractivity contribution in [1.29, 1.82) is 0 Å². The second kappa shape index (κ2) is 5.26. The summed E-state index contributed by atoms with van der Waals surface area (Å²) in [6.07, 6.45) is 3.33. The van der Waals surface area contributed by atoms with Crippen molar-refractivity contribution < 1.29 is 4.79 Å². The minimum absolute atomic E-state index is 0.248. The molecule has 1 heteroatoms. The van der Waals surface area contributed by atoms with Crippen LogP contribution in [0.3, 0.4) is 0 Å².